The van der Waals surface area contributed by atoms with Crippen LogP contribution in [-0.4, -0.2) is 37.7 Å². The number of hydrogen-bond donors (Lipinski definition) is 1. The van der Waals surface area contributed by atoms with Gasteiger partial charge in [0, 0.05) is 12.0 Å². The lowest BCUT2D eigenvalue weighted by Gasteiger charge is -2.38. The molecule has 0 aromatic heterocycles. The first kappa shape index (κ1) is 15.3. The van der Waals surface area contributed by atoms with Crippen LogP contribution in [0.4, 0.5) is 0 Å². The number of likely N-dealkylation sites (tertiary alicyclic amines) is 1. The third-order valence-electron chi connectivity index (χ3n) is 4.67. The van der Waals surface area contributed by atoms with Crippen LogP contribution in [0, 0.1) is 5.92 Å². The number of rotatable bonds is 5. The molecule has 3 heteroatoms. The Morgan fingerprint density at radius 2 is 1.90 bits per heavy atom. The smallest absolute Gasteiger partial charge is 0.122 e. The molecule has 20 heavy (non-hydrogen) atoms. The van der Waals surface area contributed by atoms with Gasteiger partial charge in [0.1, 0.15) is 5.75 Å². The molecule has 2 rings (SSSR count). The number of nitrogens with two attached hydrogens (primary N) is 1. The molecule has 1 saturated heterocycles. The lowest BCUT2D eigenvalue weighted by Crippen LogP contribution is -2.40. The molecular weight excluding hydrogens is 248 g/mol. The van der Waals surface area contributed by atoms with Crippen molar-refractivity contribution in [3.8, 4) is 5.75 Å². The zero-order valence-corrected chi connectivity index (χ0v) is 13.0. The van der Waals surface area contributed by atoms with Crippen LogP contribution in [0.2, 0.25) is 0 Å². The van der Waals surface area contributed by atoms with Crippen molar-refractivity contribution in [2.75, 3.05) is 26.7 Å². The van der Waals surface area contributed by atoms with Crippen molar-refractivity contribution in [1.29, 1.82) is 0 Å². The third-order valence-corrected chi connectivity index (χ3v) is 4.67. The molecular formula is C17H28N2O. The predicted octanol–water partition coefficient (Wildman–Crippen LogP) is 2.86. The normalized spacial score (nSPS) is 19.2. The van der Waals surface area contributed by atoms with Crippen LogP contribution < -0.4 is 10.5 Å². The van der Waals surface area contributed by atoms with E-state index < -0.39 is 0 Å². The summed E-state index contributed by atoms with van der Waals surface area (Å²) in [5.41, 5.74) is 7.36. The van der Waals surface area contributed by atoms with E-state index in [1.165, 1.54) is 31.5 Å². The number of ether oxygens (including phenoxy) is 1. The first-order chi connectivity index (χ1) is 9.67. The van der Waals surface area contributed by atoms with Crippen molar-refractivity contribution in [3.05, 3.63) is 29.8 Å². The molecule has 0 spiro atoms. The van der Waals surface area contributed by atoms with E-state index in [1.54, 1.807) is 7.11 Å². The second-order valence-electron chi connectivity index (χ2n) is 6.05. The van der Waals surface area contributed by atoms with Crippen LogP contribution in [0.25, 0.3) is 0 Å². The van der Waals surface area contributed by atoms with Gasteiger partial charge >= 0.3 is 0 Å². The molecule has 0 amide bonds. The van der Waals surface area contributed by atoms with Crippen LogP contribution in [-0.2, 0) is 0 Å². The molecule has 1 fully saturated rings. The molecule has 2 N–H and O–H groups in total. The largest absolute Gasteiger partial charge is 0.496 e. The summed E-state index contributed by atoms with van der Waals surface area (Å²) in [4.78, 5) is 2.56. The highest BCUT2D eigenvalue weighted by molar-refractivity contribution is 5.37. The van der Waals surface area contributed by atoms with Crippen LogP contribution in [0.3, 0.4) is 0 Å². The Balaban J connectivity index is 2.09. The summed E-state index contributed by atoms with van der Waals surface area (Å²) in [5.74, 6) is 2.07. The Kier molecular flexibility index (Phi) is 5.44. The van der Waals surface area contributed by atoms with Gasteiger partial charge < -0.3 is 15.4 Å². The second-order valence-corrected chi connectivity index (χ2v) is 6.05. The van der Waals surface area contributed by atoms with Crippen LogP contribution in [0.5, 0.6) is 5.75 Å². The number of benzene rings is 1. The fraction of sp³-hybridized carbons (Fsp3) is 0.647. The predicted molar refractivity (Wildman–Crippen MR) is 84.2 cm³/mol. The molecule has 1 aromatic carbocycles. The van der Waals surface area contributed by atoms with Crippen LogP contribution >= 0.6 is 0 Å². The lowest BCUT2D eigenvalue weighted by molar-refractivity contribution is 0.137. The van der Waals surface area contributed by atoms with E-state index in [-0.39, 0.29) is 0 Å². The third kappa shape index (κ3) is 3.33. The van der Waals surface area contributed by atoms with Crippen molar-refractivity contribution in [1.82, 2.24) is 4.90 Å². The minimum Gasteiger partial charge on any atom is -0.496 e. The zero-order chi connectivity index (χ0) is 14.5. The Labute approximate surface area is 123 Å². The molecule has 1 aliphatic heterocycles. The van der Waals surface area contributed by atoms with E-state index in [0.29, 0.717) is 24.4 Å². The molecule has 0 aliphatic carbocycles. The lowest BCUT2D eigenvalue weighted by atomic mass is 9.79. The molecule has 0 radical (unpaired) electrons. The molecule has 112 valence electrons. The van der Waals surface area contributed by atoms with Gasteiger partial charge in [0.15, 0.2) is 0 Å². The van der Waals surface area contributed by atoms with Crippen molar-refractivity contribution in [2.45, 2.75) is 38.6 Å². The maximum absolute atomic E-state index is 6.08. The Bertz CT molecular complexity index is 411. The van der Waals surface area contributed by atoms with E-state index in [2.05, 4.69) is 30.9 Å². The fourth-order valence-electron chi connectivity index (χ4n) is 3.38. The second kappa shape index (κ2) is 7.09. The van der Waals surface area contributed by atoms with E-state index in [9.17, 15) is 0 Å². The van der Waals surface area contributed by atoms with Crippen molar-refractivity contribution in [2.24, 2.45) is 11.7 Å². The highest BCUT2D eigenvalue weighted by Gasteiger charge is 2.29. The number of para-hydroxylation sites is 1. The summed E-state index contributed by atoms with van der Waals surface area (Å²) in [6.45, 7) is 7.64. The van der Waals surface area contributed by atoms with Gasteiger partial charge in [-0.25, -0.2) is 0 Å². The quantitative estimate of drug-likeness (QED) is 0.898. The van der Waals surface area contributed by atoms with Gasteiger partial charge in [-0.05, 0) is 63.9 Å². The first-order valence-corrected chi connectivity index (χ1v) is 7.74. The maximum atomic E-state index is 6.08. The highest BCUT2D eigenvalue weighted by atomic mass is 16.5. The number of piperidine rings is 1. The molecule has 1 heterocycles. The Morgan fingerprint density at radius 1 is 1.25 bits per heavy atom. The van der Waals surface area contributed by atoms with Crippen molar-refractivity contribution < 1.29 is 4.74 Å². The standard InChI is InChI=1S/C17H28N2O/c1-13(2)19-10-8-14(9-11-19)16(12-18)15-6-4-5-7-17(15)20-3/h4-7,13-14,16H,8-12,18H2,1-3H3. The summed E-state index contributed by atoms with van der Waals surface area (Å²) >= 11 is 0. The molecule has 0 bridgehead atoms. The minimum absolute atomic E-state index is 0.417. The fourth-order valence-corrected chi connectivity index (χ4v) is 3.38. The summed E-state index contributed by atoms with van der Waals surface area (Å²) in [6, 6.07) is 8.98. The van der Waals surface area contributed by atoms with Gasteiger partial charge in [-0.3, -0.25) is 0 Å². The van der Waals surface area contributed by atoms with Crippen molar-refractivity contribution >= 4 is 0 Å². The zero-order valence-electron chi connectivity index (χ0n) is 13.0. The molecule has 1 aliphatic rings. The summed E-state index contributed by atoms with van der Waals surface area (Å²) in [6.07, 6.45) is 2.47. The molecule has 0 saturated carbocycles. The summed E-state index contributed by atoms with van der Waals surface area (Å²) in [7, 11) is 1.74. The van der Waals surface area contributed by atoms with Crippen molar-refractivity contribution in [3.63, 3.8) is 0 Å². The number of nitrogens with zero attached hydrogens (tertiary/aromatic N) is 1. The average molecular weight is 276 g/mol. The minimum atomic E-state index is 0.417. The van der Waals surface area contributed by atoms with Gasteiger partial charge in [-0.2, -0.15) is 0 Å². The monoisotopic (exact) mass is 276 g/mol. The Hall–Kier alpha value is -1.06. The van der Waals surface area contributed by atoms with Crippen LogP contribution in [0.1, 0.15) is 38.2 Å². The summed E-state index contributed by atoms with van der Waals surface area (Å²) < 4.78 is 5.51. The molecule has 1 unspecified atom stereocenters. The Morgan fingerprint density at radius 3 is 2.45 bits per heavy atom. The summed E-state index contributed by atoms with van der Waals surface area (Å²) in [5, 5.41) is 0. The number of methoxy groups -OCH3 is 1. The van der Waals surface area contributed by atoms with Gasteiger partial charge in [0.05, 0.1) is 7.11 Å². The van der Waals surface area contributed by atoms with E-state index >= 15 is 0 Å². The van der Waals surface area contributed by atoms with E-state index in [0.717, 1.165) is 5.75 Å². The van der Waals surface area contributed by atoms with E-state index in [1.807, 2.05) is 12.1 Å². The van der Waals surface area contributed by atoms with Gasteiger partial charge in [-0.1, -0.05) is 18.2 Å². The molecule has 1 aromatic rings. The highest BCUT2D eigenvalue weighted by Crippen LogP contribution is 2.36. The van der Waals surface area contributed by atoms with E-state index in [4.69, 9.17) is 10.5 Å². The van der Waals surface area contributed by atoms with Gasteiger partial charge in [0.2, 0.25) is 0 Å². The number of hydrogen-bond acceptors (Lipinski definition) is 3. The first-order valence-electron chi connectivity index (χ1n) is 7.74. The topological polar surface area (TPSA) is 38.5 Å². The SMILES string of the molecule is COc1ccccc1C(CN)C1CCN(C(C)C)CC1. The maximum Gasteiger partial charge on any atom is 0.122 e. The van der Waals surface area contributed by atoms with Crippen LogP contribution in [0.15, 0.2) is 24.3 Å². The average Bonchev–Trinajstić information content (AvgIpc) is 2.49. The molecule has 3 nitrogen and oxygen atoms in total. The van der Waals surface area contributed by atoms with Gasteiger partial charge in [-0.15, -0.1) is 0 Å². The molecule has 1 atom stereocenters. The van der Waals surface area contributed by atoms with Gasteiger partial charge in [0.25, 0.3) is 0 Å².